The predicted octanol–water partition coefficient (Wildman–Crippen LogP) is 2.73. The smallest absolute Gasteiger partial charge is 0.255 e. The fourth-order valence-electron chi connectivity index (χ4n) is 3.05. The second-order valence-corrected chi connectivity index (χ2v) is 7.89. The SMILES string of the molecule is CC(C=O)c1ccc(OC2CCN(c3ncnc(OCC(C)(C)O)c3F)C2)cc1. The zero-order valence-corrected chi connectivity index (χ0v) is 16.8. The Morgan fingerprint density at radius 3 is 2.72 bits per heavy atom. The van der Waals surface area contributed by atoms with Crippen LogP contribution in [0.2, 0.25) is 0 Å². The van der Waals surface area contributed by atoms with Crippen LogP contribution < -0.4 is 14.4 Å². The molecule has 1 aliphatic heterocycles. The molecule has 3 rings (SSSR count). The van der Waals surface area contributed by atoms with Crippen LogP contribution in [0.15, 0.2) is 30.6 Å². The fraction of sp³-hybridized carbons (Fsp3) is 0.476. The molecule has 2 aromatic rings. The number of ether oxygens (including phenoxy) is 2. The maximum atomic E-state index is 14.8. The number of carbonyl (C=O) groups is 1. The summed E-state index contributed by atoms with van der Waals surface area (Å²) in [7, 11) is 0. The fourth-order valence-corrected chi connectivity index (χ4v) is 3.05. The molecule has 0 amide bonds. The number of hydrogen-bond donors (Lipinski definition) is 1. The second-order valence-electron chi connectivity index (χ2n) is 7.89. The summed E-state index contributed by atoms with van der Waals surface area (Å²) < 4.78 is 26.1. The first-order valence-electron chi connectivity index (χ1n) is 9.59. The lowest BCUT2D eigenvalue weighted by atomic mass is 10.0. The zero-order chi connectivity index (χ0) is 21.0. The summed E-state index contributed by atoms with van der Waals surface area (Å²) in [6.07, 6.45) is 2.76. The average Bonchev–Trinajstić information content (AvgIpc) is 3.14. The first kappa shape index (κ1) is 21.0. The Morgan fingerprint density at radius 2 is 2.07 bits per heavy atom. The molecular weight excluding hydrogens is 377 g/mol. The quantitative estimate of drug-likeness (QED) is 0.679. The second kappa shape index (κ2) is 8.73. The molecule has 2 unspecified atom stereocenters. The first-order chi connectivity index (χ1) is 13.8. The van der Waals surface area contributed by atoms with Crippen LogP contribution in [0, 0.1) is 5.82 Å². The van der Waals surface area contributed by atoms with E-state index in [9.17, 15) is 14.3 Å². The maximum absolute atomic E-state index is 14.8. The standard InChI is InChI=1S/C21H26FN3O4/c1-14(11-26)15-4-6-16(7-5-15)29-17-8-9-25(10-17)19-18(22)20(24-13-23-19)28-12-21(2,3)27/h4-7,11,13-14,17,27H,8-10,12H2,1-3H3. The van der Waals surface area contributed by atoms with E-state index in [1.165, 1.54) is 6.33 Å². The largest absolute Gasteiger partial charge is 0.489 e. The highest BCUT2D eigenvalue weighted by molar-refractivity contribution is 5.61. The van der Waals surface area contributed by atoms with Gasteiger partial charge in [0.25, 0.3) is 5.88 Å². The van der Waals surface area contributed by atoms with Crippen molar-refractivity contribution in [2.75, 3.05) is 24.6 Å². The number of nitrogens with zero attached hydrogens (tertiary/aromatic N) is 3. The molecule has 1 fully saturated rings. The van der Waals surface area contributed by atoms with Crippen LogP contribution in [-0.4, -0.2) is 52.8 Å². The minimum atomic E-state index is -1.09. The van der Waals surface area contributed by atoms with Crippen LogP contribution in [0.3, 0.4) is 0 Å². The van der Waals surface area contributed by atoms with Gasteiger partial charge in [0.1, 0.15) is 31.1 Å². The van der Waals surface area contributed by atoms with Crippen molar-refractivity contribution in [2.45, 2.75) is 44.8 Å². The van der Waals surface area contributed by atoms with Gasteiger partial charge in [-0.1, -0.05) is 19.1 Å². The molecule has 8 heteroatoms. The van der Waals surface area contributed by atoms with E-state index < -0.39 is 11.4 Å². The number of aldehydes is 1. The molecule has 7 nitrogen and oxygen atoms in total. The van der Waals surface area contributed by atoms with E-state index in [0.29, 0.717) is 18.8 Å². The highest BCUT2D eigenvalue weighted by Crippen LogP contribution is 2.28. The number of rotatable bonds is 8. The van der Waals surface area contributed by atoms with Gasteiger partial charge in [-0.25, -0.2) is 4.98 Å². The Kier molecular flexibility index (Phi) is 6.32. The lowest BCUT2D eigenvalue weighted by Crippen LogP contribution is -2.29. The molecule has 0 radical (unpaired) electrons. The van der Waals surface area contributed by atoms with Gasteiger partial charge in [0, 0.05) is 18.9 Å². The van der Waals surface area contributed by atoms with E-state index in [1.54, 1.807) is 18.7 Å². The third kappa shape index (κ3) is 5.41. The van der Waals surface area contributed by atoms with Gasteiger partial charge in [0.15, 0.2) is 5.82 Å². The molecule has 0 saturated carbocycles. The van der Waals surface area contributed by atoms with Crippen molar-refractivity contribution < 1.29 is 23.8 Å². The molecule has 1 aromatic heterocycles. The molecule has 156 valence electrons. The Hall–Kier alpha value is -2.74. The summed E-state index contributed by atoms with van der Waals surface area (Å²) in [5.74, 6) is -0.117. The number of anilines is 1. The lowest BCUT2D eigenvalue weighted by molar-refractivity contribution is -0.108. The van der Waals surface area contributed by atoms with Gasteiger partial charge in [-0.05, 0) is 31.5 Å². The first-order valence-corrected chi connectivity index (χ1v) is 9.59. The van der Waals surface area contributed by atoms with E-state index in [-0.39, 0.29) is 30.3 Å². The van der Waals surface area contributed by atoms with E-state index in [1.807, 2.05) is 31.2 Å². The van der Waals surface area contributed by atoms with Crippen molar-refractivity contribution >= 4 is 12.1 Å². The van der Waals surface area contributed by atoms with Crippen molar-refractivity contribution in [3.05, 3.63) is 42.0 Å². The highest BCUT2D eigenvalue weighted by Gasteiger charge is 2.29. The van der Waals surface area contributed by atoms with E-state index in [2.05, 4.69) is 9.97 Å². The molecule has 1 saturated heterocycles. The van der Waals surface area contributed by atoms with E-state index in [4.69, 9.17) is 9.47 Å². The molecule has 1 N–H and O–H groups in total. The normalized spacial score (nSPS) is 17.8. The number of aromatic nitrogens is 2. The number of benzene rings is 1. The van der Waals surface area contributed by atoms with Crippen molar-refractivity contribution in [1.82, 2.24) is 9.97 Å². The molecule has 0 bridgehead atoms. The molecule has 2 atom stereocenters. The monoisotopic (exact) mass is 403 g/mol. The van der Waals surface area contributed by atoms with Gasteiger partial charge < -0.3 is 24.3 Å². The van der Waals surface area contributed by atoms with Gasteiger partial charge in [0.05, 0.1) is 12.1 Å². The number of hydrogen-bond acceptors (Lipinski definition) is 7. The van der Waals surface area contributed by atoms with Gasteiger partial charge in [-0.15, -0.1) is 0 Å². The van der Waals surface area contributed by atoms with Crippen LogP contribution in [-0.2, 0) is 4.79 Å². The summed E-state index contributed by atoms with van der Waals surface area (Å²) in [6.45, 7) is 5.97. The Morgan fingerprint density at radius 1 is 1.34 bits per heavy atom. The van der Waals surface area contributed by atoms with Crippen LogP contribution in [0.1, 0.15) is 38.7 Å². The van der Waals surface area contributed by atoms with E-state index >= 15 is 0 Å². The number of halogens is 1. The van der Waals surface area contributed by atoms with Crippen molar-refractivity contribution in [1.29, 1.82) is 0 Å². The van der Waals surface area contributed by atoms with Crippen LogP contribution in [0.4, 0.5) is 10.2 Å². The summed E-state index contributed by atoms with van der Waals surface area (Å²) in [6, 6.07) is 7.42. The Balaban J connectivity index is 1.63. The lowest BCUT2D eigenvalue weighted by Gasteiger charge is -2.21. The molecule has 1 aromatic carbocycles. The minimum Gasteiger partial charge on any atom is -0.489 e. The van der Waals surface area contributed by atoms with Crippen LogP contribution >= 0.6 is 0 Å². The van der Waals surface area contributed by atoms with Crippen LogP contribution in [0.25, 0.3) is 0 Å². The molecule has 0 aliphatic carbocycles. The van der Waals surface area contributed by atoms with E-state index in [0.717, 1.165) is 18.3 Å². The van der Waals surface area contributed by atoms with Gasteiger partial charge >= 0.3 is 0 Å². The summed E-state index contributed by atoms with van der Waals surface area (Å²) in [5.41, 5.74) is -0.162. The average molecular weight is 403 g/mol. The van der Waals surface area contributed by atoms with Crippen molar-refractivity contribution in [2.24, 2.45) is 0 Å². The Bertz CT molecular complexity index is 839. The third-order valence-corrected chi connectivity index (χ3v) is 4.66. The zero-order valence-electron chi connectivity index (χ0n) is 16.8. The number of aliphatic hydroxyl groups is 1. The molecule has 1 aliphatic rings. The van der Waals surface area contributed by atoms with Gasteiger partial charge in [-0.3, -0.25) is 0 Å². The van der Waals surface area contributed by atoms with Crippen molar-refractivity contribution in [3.8, 4) is 11.6 Å². The topological polar surface area (TPSA) is 84.8 Å². The Labute approximate surface area is 169 Å². The third-order valence-electron chi connectivity index (χ3n) is 4.66. The summed E-state index contributed by atoms with van der Waals surface area (Å²) in [5, 5.41) is 9.75. The van der Waals surface area contributed by atoms with Crippen LogP contribution in [0.5, 0.6) is 11.6 Å². The predicted molar refractivity (Wildman–Crippen MR) is 106 cm³/mol. The molecule has 29 heavy (non-hydrogen) atoms. The van der Waals surface area contributed by atoms with Gasteiger partial charge in [0.2, 0.25) is 5.82 Å². The highest BCUT2D eigenvalue weighted by atomic mass is 19.1. The molecule has 0 spiro atoms. The summed E-state index contributed by atoms with van der Waals surface area (Å²) in [4.78, 5) is 20.6. The molecule has 2 heterocycles. The maximum Gasteiger partial charge on any atom is 0.255 e. The number of carbonyl (C=O) groups excluding carboxylic acids is 1. The minimum absolute atomic E-state index is 0.0785. The van der Waals surface area contributed by atoms with Gasteiger partial charge in [-0.2, -0.15) is 9.37 Å². The summed E-state index contributed by atoms with van der Waals surface area (Å²) >= 11 is 0. The van der Waals surface area contributed by atoms with Crippen molar-refractivity contribution in [3.63, 3.8) is 0 Å². The molecular formula is C21H26FN3O4.